The summed E-state index contributed by atoms with van der Waals surface area (Å²) in [6.45, 7) is 17.5. The molecule has 0 saturated heterocycles. The van der Waals surface area contributed by atoms with Gasteiger partial charge in [-0.2, -0.15) is 5.26 Å². The predicted octanol–water partition coefficient (Wildman–Crippen LogP) is 12.8. The molecule has 0 saturated carbocycles. The van der Waals surface area contributed by atoms with Crippen LogP contribution < -0.4 is 4.90 Å². The van der Waals surface area contributed by atoms with Crippen LogP contribution in [0.2, 0.25) is 0 Å². The van der Waals surface area contributed by atoms with E-state index in [1.54, 1.807) is 13.8 Å². The topological polar surface area (TPSA) is 98.1 Å². The van der Waals surface area contributed by atoms with E-state index in [0.29, 0.717) is 5.56 Å². The molecule has 0 N–H and O–H groups in total. The van der Waals surface area contributed by atoms with E-state index in [9.17, 15) is 14.6 Å². The van der Waals surface area contributed by atoms with Gasteiger partial charge in [-0.15, -0.1) is 0 Å². The number of nitrogens with zero attached hydrogens (tertiary/aromatic N) is 2. The number of carbonyl (C=O) groups is 1. The van der Waals surface area contributed by atoms with Gasteiger partial charge >= 0.3 is 13.6 Å². The quantitative estimate of drug-likeness (QED) is 0.0301. The van der Waals surface area contributed by atoms with Gasteiger partial charge in [0.2, 0.25) is 0 Å². The van der Waals surface area contributed by atoms with Crippen LogP contribution in [0.3, 0.4) is 0 Å². The van der Waals surface area contributed by atoms with E-state index in [2.05, 4.69) is 144 Å². The van der Waals surface area contributed by atoms with Crippen molar-refractivity contribution in [2.24, 2.45) is 0 Å². The molecular formula is C50H57N2O6P. The molecule has 0 aliphatic heterocycles. The maximum absolute atomic E-state index is 12.8. The number of nitriles is 1. The van der Waals surface area contributed by atoms with Gasteiger partial charge in [0.25, 0.3) is 0 Å². The highest BCUT2D eigenvalue weighted by molar-refractivity contribution is 7.53. The van der Waals surface area contributed by atoms with Crippen molar-refractivity contribution < 1.29 is 27.9 Å². The first-order chi connectivity index (χ1) is 28.1. The molecule has 308 valence electrons. The Morgan fingerprint density at radius 2 is 1.00 bits per heavy atom. The minimum Gasteiger partial charge on any atom is -0.459 e. The Bertz CT molecular complexity index is 2130. The second-order valence-corrected chi connectivity index (χ2v) is 18.4. The number of benzene rings is 5. The van der Waals surface area contributed by atoms with Crippen molar-refractivity contribution in [2.45, 2.75) is 66.2 Å². The van der Waals surface area contributed by atoms with Crippen LogP contribution >= 0.6 is 7.60 Å². The molecule has 0 amide bonds. The maximum atomic E-state index is 12.8. The third kappa shape index (κ3) is 12.4. The highest BCUT2D eigenvalue weighted by Crippen LogP contribution is 2.47. The molecule has 8 nitrogen and oxygen atoms in total. The maximum Gasteiger partial charge on any atom is 0.348 e. The van der Waals surface area contributed by atoms with Gasteiger partial charge in [-0.05, 0) is 106 Å². The van der Waals surface area contributed by atoms with Crippen LogP contribution in [0, 0.1) is 11.3 Å². The van der Waals surface area contributed by atoms with Crippen molar-refractivity contribution >= 4 is 36.7 Å². The van der Waals surface area contributed by atoms with Gasteiger partial charge < -0.3 is 23.4 Å². The van der Waals surface area contributed by atoms with E-state index >= 15 is 0 Å². The molecule has 59 heavy (non-hydrogen) atoms. The summed E-state index contributed by atoms with van der Waals surface area (Å²) in [5, 5.41) is 9.82. The van der Waals surface area contributed by atoms with Crippen LogP contribution in [-0.2, 0) is 38.7 Å². The molecular weight excluding hydrogens is 756 g/mol. The summed E-state index contributed by atoms with van der Waals surface area (Å²) in [7, 11) is -3.22. The number of esters is 1. The lowest BCUT2D eigenvalue weighted by molar-refractivity contribution is -0.139. The van der Waals surface area contributed by atoms with E-state index < -0.39 is 13.6 Å². The third-order valence-electron chi connectivity index (χ3n) is 9.84. The second-order valence-electron chi connectivity index (χ2n) is 16.3. The molecule has 0 aromatic heterocycles. The van der Waals surface area contributed by atoms with Gasteiger partial charge in [0.1, 0.15) is 18.2 Å². The first-order valence-corrected chi connectivity index (χ1v) is 21.9. The van der Waals surface area contributed by atoms with Crippen molar-refractivity contribution in [1.29, 1.82) is 5.26 Å². The summed E-state index contributed by atoms with van der Waals surface area (Å²) >= 11 is 0. The van der Waals surface area contributed by atoms with E-state index in [0.717, 1.165) is 39.3 Å². The van der Waals surface area contributed by atoms with E-state index in [1.807, 2.05) is 30.3 Å². The van der Waals surface area contributed by atoms with E-state index in [4.69, 9.17) is 18.5 Å². The molecule has 0 aliphatic rings. The fourth-order valence-corrected chi connectivity index (χ4v) is 7.98. The zero-order valence-corrected chi connectivity index (χ0v) is 36.6. The average Bonchev–Trinajstić information content (AvgIpc) is 3.22. The largest absolute Gasteiger partial charge is 0.459 e. The Balaban J connectivity index is 1.34. The van der Waals surface area contributed by atoms with Gasteiger partial charge in [-0.25, -0.2) is 4.79 Å². The Morgan fingerprint density at radius 1 is 0.610 bits per heavy atom. The predicted molar refractivity (Wildman–Crippen MR) is 240 cm³/mol. The van der Waals surface area contributed by atoms with E-state index in [1.165, 1.54) is 17.2 Å². The number of rotatable bonds is 17. The number of anilines is 3. The van der Waals surface area contributed by atoms with Crippen molar-refractivity contribution in [2.75, 3.05) is 44.1 Å². The van der Waals surface area contributed by atoms with Crippen LogP contribution in [0.4, 0.5) is 17.1 Å². The number of carbonyl (C=O) groups excluding carboxylic acids is 1. The lowest BCUT2D eigenvalue weighted by Crippen LogP contribution is -2.14. The molecule has 0 heterocycles. The minimum atomic E-state index is -3.22. The summed E-state index contributed by atoms with van der Waals surface area (Å²) in [6, 6.07) is 44.3. The molecule has 0 atom stereocenters. The summed E-state index contributed by atoms with van der Waals surface area (Å²) in [4.78, 5) is 15.0. The summed E-state index contributed by atoms with van der Waals surface area (Å²) < 4.78 is 33.9. The fraction of sp³-hybridized carbons (Fsp3) is 0.320. The number of hydrogen-bond donors (Lipinski definition) is 0. The third-order valence-corrected chi connectivity index (χ3v) is 11.9. The Hall–Kier alpha value is -5.29. The monoisotopic (exact) mass is 812 g/mol. The molecule has 0 bridgehead atoms. The summed E-state index contributed by atoms with van der Waals surface area (Å²) in [5.74, 6) is -0.752. The van der Waals surface area contributed by atoms with Crippen molar-refractivity contribution in [1.82, 2.24) is 0 Å². The number of hydrogen-bond acceptors (Lipinski definition) is 8. The molecule has 0 unspecified atom stereocenters. The minimum absolute atomic E-state index is 0.0681. The van der Waals surface area contributed by atoms with Gasteiger partial charge in [0.05, 0.1) is 32.6 Å². The van der Waals surface area contributed by atoms with Crippen molar-refractivity contribution in [3.8, 4) is 28.3 Å². The second kappa shape index (κ2) is 20.1. The lowest BCUT2D eigenvalue weighted by Gasteiger charge is -2.26. The van der Waals surface area contributed by atoms with Gasteiger partial charge in [0.15, 0.2) is 0 Å². The molecule has 5 aromatic carbocycles. The number of ether oxygens (including phenoxy) is 2. The van der Waals surface area contributed by atoms with Gasteiger partial charge in [-0.1, -0.05) is 126 Å². The SMILES string of the molecule is CCOP(=O)(CCOCCOC(=O)/C(C#N)=C\c1ccc(N(c2ccc(-c3ccc(C(C)(C)C)cc3)cc2)c2ccc(-c3ccc(C(C)(C)C)cc3)cc2)cc1)OCC. The zero-order valence-electron chi connectivity index (χ0n) is 35.7. The average molecular weight is 813 g/mol. The van der Waals surface area contributed by atoms with Crippen molar-refractivity contribution in [3.05, 3.63) is 144 Å². The fourth-order valence-electron chi connectivity index (χ4n) is 6.51. The normalized spacial score (nSPS) is 12.2. The lowest BCUT2D eigenvalue weighted by atomic mass is 9.86. The van der Waals surface area contributed by atoms with Crippen molar-refractivity contribution in [3.63, 3.8) is 0 Å². The standard InChI is InChI=1S/C50H57N2O6P/c1-9-57-59(54,58-10-2)34-33-55-31-32-56-48(53)42(36-51)35-37-11-25-45(26-12-37)52(46-27-17-40(18-28-46)38-13-21-43(22-14-38)49(3,4)5)47-29-19-41(20-30-47)39-15-23-44(24-16-39)50(6,7)8/h11-30,35H,9-10,31-34H2,1-8H3/b42-35-. The Morgan fingerprint density at radius 3 is 1.37 bits per heavy atom. The van der Waals surface area contributed by atoms with Gasteiger partial charge in [0, 0.05) is 17.1 Å². The highest BCUT2D eigenvalue weighted by Gasteiger charge is 2.23. The van der Waals surface area contributed by atoms with E-state index in [-0.39, 0.29) is 55.6 Å². The molecule has 0 spiro atoms. The first-order valence-electron chi connectivity index (χ1n) is 20.2. The van der Waals surface area contributed by atoms with Gasteiger partial charge in [-0.3, -0.25) is 4.57 Å². The van der Waals surface area contributed by atoms with Crippen LogP contribution in [0.25, 0.3) is 28.3 Å². The van der Waals surface area contributed by atoms with Crippen LogP contribution in [0.5, 0.6) is 0 Å². The highest BCUT2D eigenvalue weighted by atomic mass is 31.2. The summed E-state index contributed by atoms with van der Waals surface area (Å²) in [6.07, 6.45) is 1.60. The molecule has 0 fully saturated rings. The smallest absolute Gasteiger partial charge is 0.348 e. The van der Waals surface area contributed by atoms with Crippen LogP contribution in [0.1, 0.15) is 72.1 Å². The molecule has 5 rings (SSSR count). The summed E-state index contributed by atoms with van der Waals surface area (Å²) in [5.41, 5.74) is 10.7. The Labute approximate surface area is 351 Å². The molecule has 9 heteroatoms. The Kier molecular flexibility index (Phi) is 15.3. The molecule has 5 aromatic rings. The molecule has 0 aliphatic carbocycles. The zero-order chi connectivity index (χ0) is 42.6. The van der Waals surface area contributed by atoms with Crippen LogP contribution in [0.15, 0.2) is 127 Å². The van der Waals surface area contributed by atoms with Crippen LogP contribution in [-0.4, -0.2) is 45.2 Å². The molecule has 0 radical (unpaired) electrons. The first kappa shape index (κ1) is 44.8.